The standard InChI is InChI=1S/C23H23N3O7/c1-13(27)30-18-9-7-6-8-16(18)20-25-21(33-26-20)17-11-10-15(12-19(17)31-14(2)28)24-22(29)32-23(3,4)5/h6-12H,1-5H3,(H,24,29). The molecule has 10 heteroatoms. The summed E-state index contributed by atoms with van der Waals surface area (Å²) in [5, 5.41) is 6.53. The molecule has 1 amide bonds. The minimum atomic E-state index is -0.675. The molecule has 1 aromatic heterocycles. The fourth-order valence-electron chi connectivity index (χ4n) is 2.78. The zero-order valence-corrected chi connectivity index (χ0v) is 18.8. The Kier molecular flexibility index (Phi) is 6.76. The molecule has 1 heterocycles. The smallest absolute Gasteiger partial charge is 0.412 e. The molecule has 2 aromatic carbocycles. The third-order valence-electron chi connectivity index (χ3n) is 3.92. The van der Waals surface area contributed by atoms with Gasteiger partial charge in [0.25, 0.3) is 5.89 Å². The summed E-state index contributed by atoms with van der Waals surface area (Å²) in [6, 6.07) is 11.3. The van der Waals surface area contributed by atoms with Crippen LogP contribution in [0.5, 0.6) is 11.5 Å². The van der Waals surface area contributed by atoms with Gasteiger partial charge in [0.15, 0.2) is 0 Å². The van der Waals surface area contributed by atoms with Crippen molar-refractivity contribution < 1.29 is 33.1 Å². The molecule has 3 rings (SSSR count). The maximum Gasteiger partial charge on any atom is 0.412 e. The van der Waals surface area contributed by atoms with Gasteiger partial charge in [-0.1, -0.05) is 17.3 Å². The molecule has 33 heavy (non-hydrogen) atoms. The van der Waals surface area contributed by atoms with Gasteiger partial charge in [0.1, 0.15) is 17.1 Å². The van der Waals surface area contributed by atoms with Gasteiger partial charge in [0.2, 0.25) is 5.82 Å². The Morgan fingerprint density at radius 2 is 1.58 bits per heavy atom. The summed E-state index contributed by atoms with van der Waals surface area (Å²) in [6.45, 7) is 7.76. The van der Waals surface area contributed by atoms with Gasteiger partial charge in [0.05, 0.1) is 11.1 Å². The molecular weight excluding hydrogens is 430 g/mol. The molecule has 0 atom stereocenters. The number of para-hydroxylation sites is 1. The number of esters is 2. The van der Waals surface area contributed by atoms with Crippen molar-refractivity contribution in [3.8, 4) is 34.3 Å². The van der Waals surface area contributed by atoms with Gasteiger partial charge in [-0.25, -0.2) is 4.79 Å². The van der Waals surface area contributed by atoms with Gasteiger partial charge in [-0.05, 0) is 45.0 Å². The fraction of sp³-hybridized carbons (Fsp3) is 0.261. The topological polar surface area (TPSA) is 130 Å². The number of carbonyl (C=O) groups is 3. The Morgan fingerprint density at radius 1 is 0.909 bits per heavy atom. The predicted octanol–water partition coefficient (Wildman–Crippen LogP) is 4.60. The Hall–Kier alpha value is -4.21. The number of amides is 1. The van der Waals surface area contributed by atoms with E-state index in [9.17, 15) is 14.4 Å². The first-order valence-electron chi connectivity index (χ1n) is 9.96. The summed E-state index contributed by atoms with van der Waals surface area (Å²) in [7, 11) is 0. The molecule has 0 spiro atoms. The van der Waals surface area contributed by atoms with Crippen LogP contribution in [-0.4, -0.2) is 33.8 Å². The van der Waals surface area contributed by atoms with Crippen molar-refractivity contribution in [2.24, 2.45) is 0 Å². The van der Waals surface area contributed by atoms with E-state index in [0.29, 0.717) is 16.8 Å². The number of ether oxygens (including phenoxy) is 3. The summed E-state index contributed by atoms with van der Waals surface area (Å²) < 4.78 is 21.1. The Labute approximate surface area is 189 Å². The molecule has 0 aliphatic carbocycles. The summed E-state index contributed by atoms with van der Waals surface area (Å²) >= 11 is 0. The molecule has 0 saturated heterocycles. The Morgan fingerprint density at radius 3 is 2.24 bits per heavy atom. The quantitative estimate of drug-likeness (QED) is 0.435. The van der Waals surface area contributed by atoms with Crippen LogP contribution >= 0.6 is 0 Å². The molecule has 0 radical (unpaired) electrons. The number of hydrogen-bond acceptors (Lipinski definition) is 9. The van der Waals surface area contributed by atoms with E-state index >= 15 is 0 Å². The van der Waals surface area contributed by atoms with Gasteiger partial charge in [-0.2, -0.15) is 4.98 Å². The largest absolute Gasteiger partial charge is 0.444 e. The SMILES string of the molecule is CC(=O)Oc1ccccc1-c1noc(-c2ccc(NC(=O)OC(C)(C)C)cc2OC(C)=O)n1. The van der Waals surface area contributed by atoms with Gasteiger partial charge >= 0.3 is 18.0 Å². The lowest BCUT2D eigenvalue weighted by atomic mass is 10.1. The van der Waals surface area contributed by atoms with Crippen LogP contribution < -0.4 is 14.8 Å². The molecule has 1 N–H and O–H groups in total. The van der Waals surface area contributed by atoms with Crippen LogP contribution in [0.25, 0.3) is 22.8 Å². The van der Waals surface area contributed by atoms with E-state index in [1.165, 1.54) is 19.9 Å². The van der Waals surface area contributed by atoms with Crippen LogP contribution in [0.3, 0.4) is 0 Å². The van der Waals surface area contributed by atoms with Crippen molar-refractivity contribution in [3.63, 3.8) is 0 Å². The van der Waals surface area contributed by atoms with Crippen LogP contribution in [0.1, 0.15) is 34.6 Å². The van der Waals surface area contributed by atoms with E-state index in [1.54, 1.807) is 57.2 Å². The van der Waals surface area contributed by atoms with Crippen LogP contribution in [0.15, 0.2) is 47.0 Å². The number of benzene rings is 2. The highest BCUT2D eigenvalue weighted by atomic mass is 16.6. The van der Waals surface area contributed by atoms with Crippen LogP contribution in [0, 0.1) is 0 Å². The summed E-state index contributed by atoms with van der Waals surface area (Å²) in [4.78, 5) is 39.4. The van der Waals surface area contributed by atoms with Gasteiger partial charge in [-0.3, -0.25) is 14.9 Å². The maximum absolute atomic E-state index is 12.1. The number of carbonyl (C=O) groups excluding carboxylic acids is 3. The Bertz CT molecular complexity index is 1190. The van der Waals surface area contributed by atoms with Crippen LogP contribution in [0.4, 0.5) is 10.5 Å². The first kappa shape index (κ1) is 23.5. The number of aromatic nitrogens is 2. The number of nitrogens with one attached hydrogen (secondary N) is 1. The number of nitrogens with zero attached hydrogens (tertiary/aromatic N) is 2. The predicted molar refractivity (Wildman–Crippen MR) is 118 cm³/mol. The molecule has 172 valence electrons. The highest BCUT2D eigenvalue weighted by Crippen LogP contribution is 2.35. The van der Waals surface area contributed by atoms with Crippen molar-refractivity contribution >= 4 is 23.7 Å². The summed E-state index contributed by atoms with van der Waals surface area (Å²) in [6.07, 6.45) is -0.661. The zero-order valence-electron chi connectivity index (χ0n) is 18.8. The zero-order chi connectivity index (χ0) is 24.2. The summed E-state index contributed by atoms with van der Waals surface area (Å²) in [5.41, 5.74) is 0.429. The number of hydrogen-bond donors (Lipinski definition) is 1. The maximum atomic E-state index is 12.1. The van der Waals surface area contributed by atoms with Gasteiger partial charge in [-0.15, -0.1) is 0 Å². The number of anilines is 1. The molecule has 0 saturated carbocycles. The van der Waals surface area contributed by atoms with E-state index in [1.807, 2.05) is 0 Å². The molecule has 10 nitrogen and oxygen atoms in total. The molecule has 3 aromatic rings. The van der Waals surface area contributed by atoms with E-state index in [-0.39, 0.29) is 23.2 Å². The molecule has 0 aliphatic heterocycles. The van der Waals surface area contributed by atoms with E-state index < -0.39 is 23.6 Å². The lowest BCUT2D eigenvalue weighted by Gasteiger charge is -2.19. The third-order valence-corrected chi connectivity index (χ3v) is 3.92. The minimum Gasteiger partial charge on any atom is -0.444 e. The lowest BCUT2D eigenvalue weighted by Crippen LogP contribution is -2.27. The monoisotopic (exact) mass is 453 g/mol. The van der Waals surface area contributed by atoms with E-state index in [4.69, 9.17) is 18.7 Å². The first-order valence-corrected chi connectivity index (χ1v) is 9.96. The minimum absolute atomic E-state index is 0.0581. The van der Waals surface area contributed by atoms with Crippen LogP contribution in [0.2, 0.25) is 0 Å². The van der Waals surface area contributed by atoms with Crippen molar-refractivity contribution in [2.75, 3.05) is 5.32 Å². The van der Waals surface area contributed by atoms with Gasteiger partial charge in [0, 0.05) is 25.6 Å². The molecular formula is C23H23N3O7. The summed E-state index contributed by atoms with van der Waals surface area (Å²) in [5.74, 6) is -0.467. The van der Waals surface area contributed by atoms with Crippen molar-refractivity contribution in [3.05, 3.63) is 42.5 Å². The first-order chi connectivity index (χ1) is 15.5. The van der Waals surface area contributed by atoms with Gasteiger partial charge < -0.3 is 18.7 Å². The highest BCUT2D eigenvalue weighted by molar-refractivity contribution is 5.87. The third kappa shape index (κ3) is 6.39. The average molecular weight is 453 g/mol. The molecule has 0 fully saturated rings. The second-order valence-corrected chi connectivity index (χ2v) is 7.94. The normalized spacial score (nSPS) is 10.9. The fourth-order valence-corrected chi connectivity index (χ4v) is 2.78. The number of rotatable bonds is 5. The second kappa shape index (κ2) is 9.51. The van der Waals surface area contributed by atoms with Crippen molar-refractivity contribution in [1.29, 1.82) is 0 Å². The van der Waals surface area contributed by atoms with Crippen molar-refractivity contribution in [2.45, 2.75) is 40.2 Å². The van der Waals surface area contributed by atoms with Crippen molar-refractivity contribution in [1.82, 2.24) is 10.1 Å². The molecule has 0 bridgehead atoms. The average Bonchev–Trinajstić information content (AvgIpc) is 3.16. The van der Waals surface area contributed by atoms with E-state index in [0.717, 1.165) is 0 Å². The highest BCUT2D eigenvalue weighted by Gasteiger charge is 2.21. The Balaban J connectivity index is 1.94. The second-order valence-electron chi connectivity index (χ2n) is 7.94. The van der Waals surface area contributed by atoms with E-state index in [2.05, 4.69) is 15.5 Å². The molecule has 0 aliphatic rings. The lowest BCUT2D eigenvalue weighted by molar-refractivity contribution is -0.132. The van der Waals surface area contributed by atoms with Crippen LogP contribution in [-0.2, 0) is 14.3 Å². The molecule has 0 unspecified atom stereocenters.